The fraction of sp³-hybridized carbons (Fsp3) is 0.533. The highest BCUT2D eigenvalue weighted by atomic mass is 19.1. The average Bonchev–Trinajstić information content (AvgIpc) is 2.93. The van der Waals surface area contributed by atoms with Gasteiger partial charge in [-0.3, -0.25) is 9.69 Å². The van der Waals surface area contributed by atoms with Gasteiger partial charge in [-0.2, -0.15) is 0 Å². The molecule has 0 spiro atoms. The predicted molar refractivity (Wildman–Crippen MR) is 69.4 cm³/mol. The molecule has 0 amide bonds. The minimum atomic E-state index is -0.729. The summed E-state index contributed by atoms with van der Waals surface area (Å²) < 4.78 is 13.4. The van der Waals surface area contributed by atoms with Crippen molar-refractivity contribution in [3.8, 4) is 0 Å². The van der Waals surface area contributed by atoms with Crippen molar-refractivity contribution in [2.24, 2.45) is 5.41 Å². The van der Waals surface area contributed by atoms with E-state index < -0.39 is 11.4 Å². The van der Waals surface area contributed by atoms with E-state index in [-0.39, 0.29) is 11.9 Å². The van der Waals surface area contributed by atoms with Gasteiger partial charge in [-0.25, -0.2) is 4.39 Å². The molecule has 1 fully saturated rings. The average molecular weight is 263 g/mol. The number of aryl methyl sites for hydroxylation is 1. The molecule has 2 atom stereocenters. The molecular weight excluding hydrogens is 245 g/mol. The van der Waals surface area contributed by atoms with Crippen LogP contribution in [0.25, 0.3) is 0 Å². The summed E-state index contributed by atoms with van der Waals surface area (Å²) in [5, 5.41) is 9.29. The van der Waals surface area contributed by atoms with E-state index in [1.807, 2.05) is 6.07 Å². The van der Waals surface area contributed by atoms with Crippen LogP contribution in [0.4, 0.5) is 4.39 Å². The van der Waals surface area contributed by atoms with Crippen LogP contribution in [0.1, 0.15) is 36.9 Å². The zero-order valence-corrected chi connectivity index (χ0v) is 11.0. The first kappa shape index (κ1) is 12.6. The molecule has 3 rings (SSSR count). The topological polar surface area (TPSA) is 40.5 Å². The zero-order valence-electron chi connectivity index (χ0n) is 11.0. The van der Waals surface area contributed by atoms with Gasteiger partial charge in [-0.15, -0.1) is 0 Å². The number of hydrogen-bond acceptors (Lipinski definition) is 2. The highest BCUT2D eigenvalue weighted by Gasteiger charge is 2.43. The Hall–Kier alpha value is -1.42. The first-order chi connectivity index (χ1) is 8.99. The number of likely N-dealkylation sites (tertiary alicyclic amines) is 1. The number of aliphatic carboxylic acids is 1. The van der Waals surface area contributed by atoms with Gasteiger partial charge < -0.3 is 5.11 Å². The third-order valence-electron chi connectivity index (χ3n) is 4.61. The van der Waals surface area contributed by atoms with Crippen LogP contribution in [0.5, 0.6) is 0 Å². The minimum absolute atomic E-state index is 0.187. The number of fused-ring (bicyclic) bond motifs is 1. The molecule has 1 saturated heterocycles. The highest BCUT2D eigenvalue weighted by Crippen LogP contribution is 2.41. The summed E-state index contributed by atoms with van der Waals surface area (Å²) in [5.74, 6) is -0.932. The van der Waals surface area contributed by atoms with Crippen molar-refractivity contribution in [3.05, 3.63) is 35.1 Å². The first-order valence-corrected chi connectivity index (χ1v) is 6.75. The zero-order chi connectivity index (χ0) is 13.6. The molecule has 1 N–H and O–H groups in total. The third kappa shape index (κ3) is 2.04. The Labute approximate surface area is 112 Å². The van der Waals surface area contributed by atoms with Crippen molar-refractivity contribution >= 4 is 5.97 Å². The molecule has 102 valence electrons. The van der Waals surface area contributed by atoms with Crippen molar-refractivity contribution in [1.29, 1.82) is 0 Å². The molecule has 0 bridgehead atoms. The van der Waals surface area contributed by atoms with Crippen molar-refractivity contribution in [2.75, 3.05) is 13.1 Å². The molecule has 2 aliphatic rings. The largest absolute Gasteiger partial charge is 0.481 e. The lowest BCUT2D eigenvalue weighted by Crippen LogP contribution is -2.33. The minimum Gasteiger partial charge on any atom is -0.481 e. The van der Waals surface area contributed by atoms with Crippen molar-refractivity contribution in [2.45, 2.75) is 32.2 Å². The predicted octanol–water partition coefficient (Wildman–Crippen LogP) is 2.61. The van der Waals surface area contributed by atoms with Crippen LogP contribution < -0.4 is 0 Å². The number of hydrogen-bond donors (Lipinski definition) is 1. The molecule has 4 heteroatoms. The van der Waals surface area contributed by atoms with Gasteiger partial charge in [0.25, 0.3) is 0 Å². The molecule has 0 radical (unpaired) electrons. The lowest BCUT2D eigenvalue weighted by atomic mass is 9.90. The number of carbonyl (C=O) groups is 1. The van der Waals surface area contributed by atoms with Crippen molar-refractivity contribution < 1.29 is 14.3 Å². The van der Waals surface area contributed by atoms with Crippen LogP contribution in [0.3, 0.4) is 0 Å². The fourth-order valence-corrected chi connectivity index (χ4v) is 3.37. The van der Waals surface area contributed by atoms with E-state index in [4.69, 9.17) is 0 Å². The van der Waals surface area contributed by atoms with Gasteiger partial charge in [0.15, 0.2) is 0 Å². The third-order valence-corrected chi connectivity index (χ3v) is 4.61. The molecular formula is C15H18FNO2. The van der Waals surface area contributed by atoms with Gasteiger partial charge in [0, 0.05) is 12.6 Å². The number of nitrogens with zero attached hydrogens (tertiary/aromatic N) is 1. The summed E-state index contributed by atoms with van der Waals surface area (Å²) in [4.78, 5) is 13.5. The second-order valence-electron chi connectivity index (χ2n) is 5.98. The van der Waals surface area contributed by atoms with E-state index in [9.17, 15) is 14.3 Å². The Morgan fingerprint density at radius 2 is 2.32 bits per heavy atom. The molecule has 1 heterocycles. The number of carboxylic acid groups (broad SMARTS) is 1. The SMILES string of the molecule is C[C@@]1(C(=O)O)CCN([C@H]2CCc3ccc(F)cc32)C1. The highest BCUT2D eigenvalue weighted by molar-refractivity contribution is 5.74. The smallest absolute Gasteiger partial charge is 0.310 e. The van der Waals surface area contributed by atoms with Gasteiger partial charge in [0.1, 0.15) is 5.82 Å². The summed E-state index contributed by atoms with van der Waals surface area (Å²) in [6.07, 6.45) is 2.60. The summed E-state index contributed by atoms with van der Waals surface area (Å²) >= 11 is 0. The van der Waals surface area contributed by atoms with Gasteiger partial charge in [0.05, 0.1) is 5.41 Å². The van der Waals surface area contributed by atoms with Crippen LogP contribution in [-0.2, 0) is 11.2 Å². The standard InChI is InChI=1S/C15H18FNO2/c1-15(14(18)19)6-7-17(9-15)13-5-3-10-2-4-11(16)8-12(10)13/h2,4,8,13H,3,5-7,9H2,1H3,(H,18,19)/t13-,15+/m0/s1. The van der Waals surface area contributed by atoms with Crippen LogP contribution in [0, 0.1) is 11.2 Å². The summed E-state index contributed by atoms with van der Waals surface area (Å²) in [7, 11) is 0. The maximum Gasteiger partial charge on any atom is 0.310 e. The maximum atomic E-state index is 13.4. The van der Waals surface area contributed by atoms with Crippen molar-refractivity contribution in [3.63, 3.8) is 0 Å². The van der Waals surface area contributed by atoms with E-state index in [0.29, 0.717) is 13.0 Å². The quantitative estimate of drug-likeness (QED) is 0.891. The molecule has 0 aromatic heterocycles. The normalized spacial score (nSPS) is 30.5. The van der Waals surface area contributed by atoms with Crippen LogP contribution in [0.15, 0.2) is 18.2 Å². The Morgan fingerprint density at radius 3 is 3.00 bits per heavy atom. The van der Waals surface area contributed by atoms with Crippen molar-refractivity contribution in [1.82, 2.24) is 4.90 Å². The van der Waals surface area contributed by atoms with E-state index in [1.165, 1.54) is 11.6 Å². The summed E-state index contributed by atoms with van der Waals surface area (Å²) in [6, 6.07) is 5.17. The summed E-state index contributed by atoms with van der Waals surface area (Å²) in [5.41, 5.74) is 1.60. The Morgan fingerprint density at radius 1 is 1.53 bits per heavy atom. The second-order valence-corrected chi connectivity index (χ2v) is 5.98. The Kier molecular flexibility index (Phi) is 2.86. The maximum absolute atomic E-state index is 13.4. The Bertz CT molecular complexity index is 531. The number of halogens is 1. The molecule has 1 aromatic carbocycles. The first-order valence-electron chi connectivity index (χ1n) is 6.75. The van der Waals surface area contributed by atoms with E-state index >= 15 is 0 Å². The second kappa shape index (κ2) is 4.30. The van der Waals surface area contributed by atoms with Gasteiger partial charge in [-0.1, -0.05) is 6.07 Å². The lowest BCUT2D eigenvalue weighted by Gasteiger charge is -2.26. The number of carboxylic acids is 1. The summed E-state index contributed by atoms with van der Waals surface area (Å²) in [6.45, 7) is 3.14. The van der Waals surface area contributed by atoms with Crippen LogP contribution in [-0.4, -0.2) is 29.1 Å². The molecule has 0 saturated carbocycles. The van der Waals surface area contributed by atoms with Crippen LogP contribution in [0.2, 0.25) is 0 Å². The monoisotopic (exact) mass is 263 g/mol. The molecule has 0 unspecified atom stereocenters. The van der Waals surface area contributed by atoms with Gasteiger partial charge >= 0.3 is 5.97 Å². The lowest BCUT2D eigenvalue weighted by molar-refractivity contribution is -0.147. The molecule has 3 nitrogen and oxygen atoms in total. The Balaban J connectivity index is 1.84. The molecule has 1 aliphatic heterocycles. The van der Waals surface area contributed by atoms with E-state index in [1.54, 1.807) is 13.0 Å². The fourth-order valence-electron chi connectivity index (χ4n) is 3.37. The number of benzene rings is 1. The van der Waals surface area contributed by atoms with Gasteiger partial charge in [0.2, 0.25) is 0 Å². The molecule has 19 heavy (non-hydrogen) atoms. The van der Waals surface area contributed by atoms with E-state index in [0.717, 1.165) is 24.9 Å². The molecule has 1 aliphatic carbocycles. The van der Waals surface area contributed by atoms with Crippen LogP contribution >= 0.6 is 0 Å². The van der Waals surface area contributed by atoms with E-state index in [2.05, 4.69) is 4.90 Å². The number of rotatable bonds is 2. The molecule has 1 aromatic rings. The van der Waals surface area contributed by atoms with Gasteiger partial charge in [-0.05, 0) is 56.0 Å².